The number of aryl methyl sites for hydroxylation is 1. The van der Waals surface area contributed by atoms with Crippen molar-refractivity contribution in [2.75, 3.05) is 0 Å². The van der Waals surface area contributed by atoms with Crippen LogP contribution in [0.3, 0.4) is 0 Å². The number of aromatic nitrogens is 1. The van der Waals surface area contributed by atoms with Crippen molar-refractivity contribution in [3.05, 3.63) is 117 Å². The average molecular weight is 459 g/mol. The summed E-state index contributed by atoms with van der Waals surface area (Å²) < 4.78 is 11.7. The van der Waals surface area contributed by atoms with Crippen molar-refractivity contribution < 1.29 is 14.3 Å². The second-order valence-electron chi connectivity index (χ2n) is 7.60. The summed E-state index contributed by atoms with van der Waals surface area (Å²) in [6.07, 6.45) is 0. The first-order chi connectivity index (χ1) is 16.2. The van der Waals surface area contributed by atoms with Gasteiger partial charge in [-0.15, -0.1) is 11.3 Å². The van der Waals surface area contributed by atoms with Crippen LogP contribution in [0, 0.1) is 6.92 Å². The molecule has 3 aromatic carbocycles. The Morgan fingerprint density at radius 2 is 1.70 bits per heavy atom. The molecule has 1 N–H and O–H groups in total. The van der Waals surface area contributed by atoms with E-state index in [-0.39, 0.29) is 5.91 Å². The first-order valence-electron chi connectivity index (χ1n) is 10.8. The van der Waals surface area contributed by atoms with E-state index in [4.69, 9.17) is 9.47 Å². The van der Waals surface area contributed by atoms with Gasteiger partial charge in [-0.3, -0.25) is 4.79 Å². The van der Waals surface area contributed by atoms with Crippen LogP contribution in [-0.2, 0) is 31.1 Å². The molecule has 0 aliphatic carbocycles. The first kappa shape index (κ1) is 22.7. The third-order valence-electron chi connectivity index (χ3n) is 5.08. The van der Waals surface area contributed by atoms with Crippen LogP contribution in [0.1, 0.15) is 37.7 Å². The highest BCUT2D eigenvalue weighted by atomic mass is 32.1. The van der Waals surface area contributed by atoms with Crippen LogP contribution < -0.4 is 10.1 Å². The molecular formula is C27H26N2O3S. The van der Waals surface area contributed by atoms with Crippen molar-refractivity contribution in [1.82, 2.24) is 10.3 Å². The van der Waals surface area contributed by atoms with Gasteiger partial charge in [0.15, 0.2) is 0 Å². The summed E-state index contributed by atoms with van der Waals surface area (Å²) >= 11 is 1.59. The van der Waals surface area contributed by atoms with E-state index in [1.807, 2.05) is 79.0 Å². The highest BCUT2D eigenvalue weighted by molar-refractivity contribution is 7.09. The molecule has 0 spiro atoms. The molecule has 0 atom stereocenters. The molecule has 0 aliphatic rings. The number of carbonyl (C=O) groups excluding carboxylic acids is 1. The third-order valence-corrected chi connectivity index (χ3v) is 5.90. The zero-order chi connectivity index (χ0) is 22.9. The number of nitrogens with one attached hydrogen (secondary N) is 1. The van der Waals surface area contributed by atoms with Gasteiger partial charge < -0.3 is 14.8 Å². The van der Waals surface area contributed by atoms with Gasteiger partial charge in [-0.25, -0.2) is 4.98 Å². The second-order valence-corrected chi connectivity index (χ2v) is 8.67. The van der Waals surface area contributed by atoms with Crippen LogP contribution in [-0.4, -0.2) is 10.9 Å². The summed E-state index contributed by atoms with van der Waals surface area (Å²) in [4.78, 5) is 17.1. The normalized spacial score (nSPS) is 10.7. The zero-order valence-corrected chi connectivity index (χ0v) is 19.3. The Morgan fingerprint density at radius 3 is 2.48 bits per heavy atom. The third kappa shape index (κ3) is 6.75. The van der Waals surface area contributed by atoms with Crippen LogP contribution >= 0.6 is 11.3 Å². The lowest BCUT2D eigenvalue weighted by Gasteiger charge is -2.12. The number of thiazole rings is 1. The van der Waals surface area contributed by atoms with Gasteiger partial charge >= 0.3 is 0 Å². The van der Waals surface area contributed by atoms with E-state index in [1.165, 1.54) is 0 Å². The van der Waals surface area contributed by atoms with Crippen LogP contribution in [0.5, 0.6) is 5.75 Å². The highest BCUT2D eigenvalue weighted by Gasteiger charge is 2.09. The largest absolute Gasteiger partial charge is 0.487 e. The van der Waals surface area contributed by atoms with Crippen LogP contribution in [0.4, 0.5) is 0 Å². The van der Waals surface area contributed by atoms with Gasteiger partial charge in [-0.1, -0.05) is 60.7 Å². The van der Waals surface area contributed by atoms with Gasteiger partial charge in [0, 0.05) is 17.5 Å². The minimum Gasteiger partial charge on any atom is -0.487 e. The second kappa shape index (κ2) is 11.4. The molecule has 5 nitrogen and oxygen atoms in total. The predicted molar refractivity (Wildman–Crippen MR) is 130 cm³/mol. The number of carbonyl (C=O) groups is 1. The molecule has 4 aromatic rings. The van der Waals surface area contributed by atoms with Gasteiger partial charge in [0.1, 0.15) is 12.4 Å². The smallest absolute Gasteiger partial charge is 0.251 e. The number of amides is 1. The van der Waals surface area contributed by atoms with Gasteiger partial charge in [0.25, 0.3) is 5.91 Å². The highest BCUT2D eigenvalue weighted by Crippen LogP contribution is 2.17. The number of rotatable bonds is 10. The fourth-order valence-electron chi connectivity index (χ4n) is 3.36. The fraction of sp³-hybridized carbons (Fsp3) is 0.185. The lowest BCUT2D eigenvalue weighted by atomic mass is 10.1. The minimum absolute atomic E-state index is 0.148. The van der Waals surface area contributed by atoms with Crippen molar-refractivity contribution >= 4 is 17.2 Å². The van der Waals surface area contributed by atoms with Gasteiger partial charge in [-0.2, -0.15) is 0 Å². The maximum absolute atomic E-state index is 12.7. The molecule has 0 unspecified atom stereocenters. The molecule has 4 rings (SSSR count). The summed E-state index contributed by atoms with van der Waals surface area (Å²) in [7, 11) is 0. The van der Waals surface area contributed by atoms with E-state index >= 15 is 0 Å². The maximum atomic E-state index is 12.7. The van der Waals surface area contributed by atoms with E-state index in [0.717, 1.165) is 27.4 Å². The number of nitrogens with zero attached hydrogens (tertiary/aromatic N) is 1. The summed E-state index contributed by atoms with van der Waals surface area (Å²) in [5.41, 5.74) is 4.67. The quantitative estimate of drug-likeness (QED) is 0.332. The molecule has 0 saturated carbocycles. The minimum atomic E-state index is -0.148. The molecular weight excluding hydrogens is 432 g/mol. The number of benzene rings is 3. The van der Waals surface area contributed by atoms with E-state index in [1.54, 1.807) is 23.5 Å². The molecule has 168 valence electrons. The molecule has 1 heterocycles. The van der Waals surface area contributed by atoms with Crippen LogP contribution in [0.25, 0.3) is 0 Å². The standard InChI is InChI=1S/C27H26N2O3S/c1-20-29-25(19-33-20)18-32-26-13-7-12-22(14-26)27(30)28-15-23-10-5-6-11-24(23)17-31-16-21-8-3-2-4-9-21/h2-14,19H,15-18H2,1H3,(H,28,30). The Kier molecular flexibility index (Phi) is 7.85. The van der Waals surface area contributed by atoms with Crippen molar-refractivity contribution in [2.45, 2.75) is 33.3 Å². The Hall–Kier alpha value is -3.48. The Morgan fingerprint density at radius 1 is 0.909 bits per heavy atom. The monoisotopic (exact) mass is 458 g/mol. The molecule has 0 radical (unpaired) electrons. The van der Waals surface area contributed by atoms with Gasteiger partial charge in [0.2, 0.25) is 0 Å². The lowest BCUT2D eigenvalue weighted by Crippen LogP contribution is -2.23. The Balaban J connectivity index is 1.31. The number of ether oxygens (including phenoxy) is 2. The zero-order valence-electron chi connectivity index (χ0n) is 18.5. The van der Waals surface area contributed by atoms with Crippen LogP contribution in [0.15, 0.2) is 84.2 Å². The van der Waals surface area contributed by atoms with E-state index in [0.29, 0.717) is 37.7 Å². The summed E-state index contributed by atoms with van der Waals surface area (Å²) in [6, 6.07) is 25.3. The van der Waals surface area contributed by atoms with Crippen molar-refractivity contribution in [1.29, 1.82) is 0 Å². The summed E-state index contributed by atoms with van der Waals surface area (Å²) in [5.74, 6) is 0.493. The lowest BCUT2D eigenvalue weighted by molar-refractivity contribution is 0.0947. The van der Waals surface area contributed by atoms with Gasteiger partial charge in [-0.05, 0) is 41.8 Å². The maximum Gasteiger partial charge on any atom is 0.251 e. The topological polar surface area (TPSA) is 60.5 Å². The first-order valence-corrected chi connectivity index (χ1v) is 11.7. The number of hydrogen-bond acceptors (Lipinski definition) is 5. The van der Waals surface area contributed by atoms with Crippen molar-refractivity contribution in [2.24, 2.45) is 0 Å². The summed E-state index contributed by atoms with van der Waals surface area (Å²) in [5, 5.41) is 5.99. The Labute approximate surface area is 198 Å². The molecule has 0 bridgehead atoms. The summed E-state index contributed by atoms with van der Waals surface area (Å²) in [6.45, 7) is 3.81. The van der Waals surface area contributed by atoms with Crippen molar-refractivity contribution in [3.8, 4) is 5.75 Å². The molecule has 0 fully saturated rings. The molecule has 0 aliphatic heterocycles. The molecule has 1 amide bonds. The Bertz CT molecular complexity index is 1190. The average Bonchev–Trinajstić information content (AvgIpc) is 3.28. The molecule has 1 aromatic heterocycles. The van der Waals surface area contributed by atoms with E-state index < -0.39 is 0 Å². The fourth-order valence-corrected chi connectivity index (χ4v) is 3.96. The molecule has 33 heavy (non-hydrogen) atoms. The number of hydrogen-bond donors (Lipinski definition) is 1. The molecule has 6 heteroatoms. The van der Waals surface area contributed by atoms with E-state index in [9.17, 15) is 4.79 Å². The predicted octanol–water partition coefficient (Wildman–Crippen LogP) is 5.68. The van der Waals surface area contributed by atoms with Crippen molar-refractivity contribution in [3.63, 3.8) is 0 Å². The molecule has 0 saturated heterocycles. The van der Waals surface area contributed by atoms with Crippen LogP contribution in [0.2, 0.25) is 0 Å². The SMILES string of the molecule is Cc1nc(COc2cccc(C(=O)NCc3ccccc3COCc3ccccc3)c2)cs1. The van der Waals surface area contributed by atoms with Gasteiger partial charge in [0.05, 0.1) is 23.9 Å². The van der Waals surface area contributed by atoms with E-state index in [2.05, 4.69) is 10.3 Å².